The summed E-state index contributed by atoms with van der Waals surface area (Å²) in [5.74, 6) is -1.09. The molecule has 2 aromatic rings. The lowest BCUT2D eigenvalue weighted by atomic mass is 9.93. The highest BCUT2D eigenvalue weighted by molar-refractivity contribution is 5.48. The molecule has 0 bridgehead atoms. The van der Waals surface area contributed by atoms with Gasteiger partial charge in [0.1, 0.15) is 23.5 Å². The predicted molar refractivity (Wildman–Crippen MR) is 77.6 cm³/mol. The van der Waals surface area contributed by atoms with E-state index < -0.39 is 17.7 Å². The molecular formula is C17H18F2O2. The van der Waals surface area contributed by atoms with Crippen molar-refractivity contribution in [3.63, 3.8) is 0 Å². The Labute approximate surface area is 123 Å². The van der Waals surface area contributed by atoms with E-state index >= 15 is 0 Å². The third kappa shape index (κ3) is 2.76. The van der Waals surface area contributed by atoms with Crippen LogP contribution in [-0.2, 0) is 0 Å². The van der Waals surface area contributed by atoms with Crippen LogP contribution < -0.4 is 4.74 Å². The second kappa shape index (κ2) is 5.82. The van der Waals surface area contributed by atoms with Gasteiger partial charge in [0.15, 0.2) is 0 Å². The van der Waals surface area contributed by atoms with Crippen molar-refractivity contribution < 1.29 is 18.6 Å². The van der Waals surface area contributed by atoms with Gasteiger partial charge in [-0.1, -0.05) is 12.1 Å². The Balaban J connectivity index is 2.66. The summed E-state index contributed by atoms with van der Waals surface area (Å²) in [6.07, 6.45) is -1.42. The van der Waals surface area contributed by atoms with Crippen molar-refractivity contribution in [3.8, 4) is 5.75 Å². The minimum atomic E-state index is -1.42. The van der Waals surface area contributed by atoms with Gasteiger partial charge in [-0.05, 0) is 49.6 Å². The van der Waals surface area contributed by atoms with Gasteiger partial charge in [0.25, 0.3) is 0 Å². The number of benzene rings is 2. The van der Waals surface area contributed by atoms with E-state index in [2.05, 4.69) is 0 Å². The first-order chi connectivity index (χ1) is 9.86. The zero-order valence-corrected chi connectivity index (χ0v) is 12.5. The molecule has 4 heteroatoms. The maximum atomic E-state index is 14.2. The Hall–Kier alpha value is -1.94. The highest BCUT2D eigenvalue weighted by atomic mass is 19.1. The van der Waals surface area contributed by atoms with Crippen molar-refractivity contribution >= 4 is 0 Å². The maximum Gasteiger partial charge on any atom is 0.135 e. The molecular weight excluding hydrogens is 274 g/mol. The molecule has 0 fully saturated rings. The molecule has 1 N–H and O–H groups in total. The summed E-state index contributed by atoms with van der Waals surface area (Å²) in [6, 6.07) is 6.08. The molecule has 21 heavy (non-hydrogen) atoms. The number of halogens is 2. The lowest BCUT2D eigenvalue weighted by molar-refractivity contribution is 0.203. The van der Waals surface area contributed by atoms with Crippen molar-refractivity contribution in [3.05, 3.63) is 63.7 Å². The topological polar surface area (TPSA) is 29.5 Å². The van der Waals surface area contributed by atoms with E-state index in [1.54, 1.807) is 13.0 Å². The summed E-state index contributed by atoms with van der Waals surface area (Å²) >= 11 is 0. The minimum absolute atomic E-state index is 0.286. The van der Waals surface area contributed by atoms with Crippen molar-refractivity contribution in [2.45, 2.75) is 26.9 Å². The van der Waals surface area contributed by atoms with Crippen LogP contribution in [0.3, 0.4) is 0 Å². The molecule has 0 aliphatic rings. The molecule has 0 aliphatic carbocycles. The van der Waals surface area contributed by atoms with Gasteiger partial charge in [0.05, 0.1) is 12.7 Å². The Bertz CT molecular complexity index is 681. The van der Waals surface area contributed by atoms with Crippen LogP contribution >= 0.6 is 0 Å². The average molecular weight is 292 g/mol. The number of methoxy groups -OCH3 is 1. The molecule has 0 amide bonds. The van der Waals surface area contributed by atoms with Gasteiger partial charge in [0.2, 0.25) is 0 Å². The van der Waals surface area contributed by atoms with Crippen LogP contribution in [-0.4, -0.2) is 12.2 Å². The first-order valence-electron chi connectivity index (χ1n) is 6.64. The molecule has 1 atom stereocenters. The fourth-order valence-corrected chi connectivity index (χ4v) is 2.53. The standard InChI is InChI=1S/C17H18F2O2/c1-9-7-11(3)14(13(8-9)21-4)17(20)15-12(18)6-5-10(2)16(15)19/h5-8,17,20H,1-4H3. The Morgan fingerprint density at radius 3 is 2.29 bits per heavy atom. The summed E-state index contributed by atoms with van der Waals surface area (Å²) in [6.45, 7) is 5.20. The predicted octanol–water partition coefficient (Wildman–Crippen LogP) is 3.98. The highest BCUT2D eigenvalue weighted by Crippen LogP contribution is 2.36. The quantitative estimate of drug-likeness (QED) is 0.927. The van der Waals surface area contributed by atoms with Crippen molar-refractivity contribution in [1.29, 1.82) is 0 Å². The molecule has 0 aromatic heterocycles. The van der Waals surface area contributed by atoms with Crippen LogP contribution in [0.5, 0.6) is 5.75 Å². The molecule has 0 heterocycles. The molecule has 0 saturated carbocycles. The molecule has 2 nitrogen and oxygen atoms in total. The van der Waals surface area contributed by atoms with Gasteiger partial charge in [0, 0.05) is 5.56 Å². The average Bonchev–Trinajstić information content (AvgIpc) is 2.42. The monoisotopic (exact) mass is 292 g/mol. The molecule has 0 radical (unpaired) electrons. The molecule has 1 unspecified atom stereocenters. The Morgan fingerprint density at radius 2 is 1.67 bits per heavy atom. The van der Waals surface area contributed by atoms with Crippen molar-refractivity contribution in [1.82, 2.24) is 0 Å². The van der Waals surface area contributed by atoms with Gasteiger partial charge < -0.3 is 9.84 Å². The van der Waals surface area contributed by atoms with E-state index in [1.165, 1.54) is 20.1 Å². The third-order valence-electron chi connectivity index (χ3n) is 3.58. The zero-order valence-electron chi connectivity index (χ0n) is 12.5. The SMILES string of the molecule is COc1cc(C)cc(C)c1C(O)c1c(F)ccc(C)c1F. The second-order valence-corrected chi connectivity index (χ2v) is 5.19. The molecule has 0 spiro atoms. The number of hydrogen-bond donors (Lipinski definition) is 1. The van der Waals surface area contributed by atoms with E-state index in [0.29, 0.717) is 11.3 Å². The number of rotatable bonds is 3. The fraction of sp³-hybridized carbons (Fsp3) is 0.294. The molecule has 2 rings (SSSR count). The largest absolute Gasteiger partial charge is 0.496 e. The van der Waals surface area contributed by atoms with E-state index in [0.717, 1.165) is 17.2 Å². The number of aliphatic hydroxyl groups excluding tert-OH is 1. The normalized spacial score (nSPS) is 12.3. The van der Waals surface area contributed by atoms with E-state index in [4.69, 9.17) is 4.74 Å². The van der Waals surface area contributed by atoms with Gasteiger partial charge >= 0.3 is 0 Å². The molecule has 0 saturated heterocycles. The molecule has 0 aliphatic heterocycles. The maximum absolute atomic E-state index is 14.2. The lowest BCUT2D eigenvalue weighted by Gasteiger charge is -2.20. The van der Waals surface area contributed by atoms with Gasteiger partial charge in [-0.15, -0.1) is 0 Å². The molecule has 2 aromatic carbocycles. The van der Waals surface area contributed by atoms with E-state index in [-0.39, 0.29) is 11.1 Å². The lowest BCUT2D eigenvalue weighted by Crippen LogP contribution is -2.10. The highest BCUT2D eigenvalue weighted by Gasteiger charge is 2.25. The van der Waals surface area contributed by atoms with Crippen LogP contribution in [0.25, 0.3) is 0 Å². The Kier molecular flexibility index (Phi) is 4.28. The Morgan fingerprint density at radius 1 is 1.00 bits per heavy atom. The van der Waals surface area contributed by atoms with Crippen molar-refractivity contribution in [2.24, 2.45) is 0 Å². The van der Waals surface area contributed by atoms with E-state index in [1.807, 2.05) is 13.0 Å². The fourth-order valence-electron chi connectivity index (χ4n) is 2.53. The zero-order chi connectivity index (χ0) is 15.7. The summed E-state index contributed by atoms with van der Waals surface area (Å²) < 4.78 is 33.4. The summed E-state index contributed by atoms with van der Waals surface area (Å²) in [4.78, 5) is 0. The number of hydrogen-bond acceptors (Lipinski definition) is 2. The smallest absolute Gasteiger partial charge is 0.135 e. The second-order valence-electron chi connectivity index (χ2n) is 5.19. The molecule has 112 valence electrons. The first kappa shape index (κ1) is 15.4. The number of ether oxygens (including phenoxy) is 1. The number of aryl methyl sites for hydroxylation is 3. The van der Waals surface area contributed by atoms with Crippen molar-refractivity contribution in [2.75, 3.05) is 7.11 Å². The first-order valence-corrected chi connectivity index (χ1v) is 6.64. The van der Waals surface area contributed by atoms with Gasteiger partial charge in [-0.25, -0.2) is 8.78 Å². The van der Waals surface area contributed by atoms with E-state index in [9.17, 15) is 13.9 Å². The van der Waals surface area contributed by atoms with Crippen LogP contribution in [0, 0.1) is 32.4 Å². The van der Waals surface area contributed by atoms with Gasteiger partial charge in [-0.3, -0.25) is 0 Å². The van der Waals surface area contributed by atoms with Crippen LogP contribution in [0.2, 0.25) is 0 Å². The summed E-state index contributed by atoms with van der Waals surface area (Å²) in [5.41, 5.74) is 1.99. The van der Waals surface area contributed by atoms with Crippen LogP contribution in [0.15, 0.2) is 24.3 Å². The van der Waals surface area contributed by atoms with Gasteiger partial charge in [-0.2, -0.15) is 0 Å². The summed E-state index contributed by atoms with van der Waals surface area (Å²) in [5, 5.41) is 10.5. The minimum Gasteiger partial charge on any atom is -0.496 e. The third-order valence-corrected chi connectivity index (χ3v) is 3.58. The summed E-state index contributed by atoms with van der Waals surface area (Å²) in [7, 11) is 1.47. The number of aliphatic hydroxyl groups is 1. The van der Waals surface area contributed by atoms with Crippen LogP contribution in [0.4, 0.5) is 8.78 Å². The van der Waals surface area contributed by atoms with Crippen LogP contribution in [0.1, 0.15) is 33.9 Å².